The second-order valence-corrected chi connectivity index (χ2v) is 6.62. The zero-order chi connectivity index (χ0) is 14.5. The molecular formula is C14H25N3OS. The van der Waals surface area contributed by atoms with Crippen molar-refractivity contribution in [2.75, 3.05) is 13.6 Å². The van der Waals surface area contributed by atoms with Crippen molar-refractivity contribution in [2.45, 2.75) is 39.7 Å². The smallest absolute Gasteiger partial charge is 0.144 e. The zero-order valence-corrected chi connectivity index (χ0v) is 13.1. The Morgan fingerprint density at radius 3 is 2.79 bits per heavy atom. The highest BCUT2D eigenvalue weighted by molar-refractivity contribution is 7.10. The molecule has 0 aliphatic carbocycles. The summed E-state index contributed by atoms with van der Waals surface area (Å²) in [5.74, 6) is 0.307. The lowest BCUT2D eigenvalue weighted by molar-refractivity contribution is 0.247. The van der Waals surface area contributed by atoms with Crippen LogP contribution in [-0.2, 0) is 0 Å². The lowest BCUT2D eigenvalue weighted by Gasteiger charge is -2.27. The van der Waals surface area contributed by atoms with E-state index in [1.807, 2.05) is 13.8 Å². The normalized spacial score (nSPS) is 14.9. The van der Waals surface area contributed by atoms with E-state index in [1.54, 1.807) is 11.3 Å². The first kappa shape index (κ1) is 16.0. The van der Waals surface area contributed by atoms with Gasteiger partial charge >= 0.3 is 0 Å². The van der Waals surface area contributed by atoms with Crippen LogP contribution in [0.2, 0.25) is 0 Å². The van der Waals surface area contributed by atoms with Crippen molar-refractivity contribution in [3.05, 3.63) is 22.4 Å². The highest BCUT2D eigenvalue weighted by atomic mass is 32.1. The number of thiophene rings is 1. The quantitative estimate of drug-likeness (QED) is 0.349. The van der Waals surface area contributed by atoms with E-state index in [0.29, 0.717) is 11.9 Å². The Morgan fingerprint density at radius 2 is 2.26 bits per heavy atom. The summed E-state index contributed by atoms with van der Waals surface area (Å²) in [6.07, 6.45) is 1.93. The van der Waals surface area contributed by atoms with Gasteiger partial charge in [0.1, 0.15) is 5.84 Å². The van der Waals surface area contributed by atoms with E-state index in [2.05, 4.69) is 41.5 Å². The maximum Gasteiger partial charge on any atom is 0.144 e. The fourth-order valence-electron chi connectivity index (χ4n) is 1.97. The number of amidine groups is 1. The first-order valence-electron chi connectivity index (χ1n) is 6.60. The average molecular weight is 283 g/mol. The van der Waals surface area contributed by atoms with Gasteiger partial charge in [0.25, 0.3) is 0 Å². The van der Waals surface area contributed by atoms with Crippen molar-refractivity contribution in [3.63, 3.8) is 0 Å². The molecule has 1 rings (SSSR count). The summed E-state index contributed by atoms with van der Waals surface area (Å²) >= 11 is 1.79. The highest BCUT2D eigenvalue weighted by Gasteiger charge is 2.23. The van der Waals surface area contributed by atoms with E-state index in [4.69, 9.17) is 10.9 Å². The van der Waals surface area contributed by atoms with Gasteiger partial charge in [0.05, 0.1) is 0 Å². The summed E-state index contributed by atoms with van der Waals surface area (Å²) in [4.78, 5) is 3.73. The first-order valence-corrected chi connectivity index (χ1v) is 7.48. The minimum atomic E-state index is -0.248. The molecule has 3 N–H and O–H groups in total. The van der Waals surface area contributed by atoms with Gasteiger partial charge in [-0.25, -0.2) is 0 Å². The van der Waals surface area contributed by atoms with Crippen molar-refractivity contribution in [3.8, 4) is 0 Å². The van der Waals surface area contributed by atoms with Crippen LogP contribution in [0.15, 0.2) is 22.7 Å². The fraction of sp³-hybridized carbons (Fsp3) is 0.643. The van der Waals surface area contributed by atoms with Crippen LogP contribution in [0.25, 0.3) is 0 Å². The summed E-state index contributed by atoms with van der Waals surface area (Å²) in [5.41, 5.74) is 5.44. The summed E-state index contributed by atoms with van der Waals surface area (Å²) in [7, 11) is 2.14. The van der Waals surface area contributed by atoms with E-state index in [1.165, 1.54) is 4.88 Å². The monoisotopic (exact) mass is 283 g/mol. The lowest BCUT2D eigenvalue weighted by atomic mass is 9.86. The summed E-state index contributed by atoms with van der Waals surface area (Å²) in [6, 6.07) is 4.70. The van der Waals surface area contributed by atoms with E-state index < -0.39 is 0 Å². The van der Waals surface area contributed by atoms with Gasteiger partial charge in [0, 0.05) is 16.3 Å². The Kier molecular flexibility index (Phi) is 5.82. The molecule has 0 aromatic carbocycles. The third-order valence-corrected chi connectivity index (χ3v) is 4.77. The van der Waals surface area contributed by atoms with E-state index in [9.17, 15) is 0 Å². The zero-order valence-electron chi connectivity index (χ0n) is 12.3. The molecule has 5 heteroatoms. The molecule has 1 heterocycles. The predicted molar refractivity (Wildman–Crippen MR) is 81.8 cm³/mol. The Bertz CT molecular complexity index is 401. The first-order chi connectivity index (χ1) is 8.88. The topological polar surface area (TPSA) is 61.8 Å². The number of nitrogens with two attached hydrogens (primary N) is 1. The molecule has 0 aliphatic rings. The molecule has 19 heavy (non-hydrogen) atoms. The molecule has 1 atom stereocenters. The number of nitrogens with zero attached hydrogens (tertiary/aromatic N) is 2. The summed E-state index contributed by atoms with van der Waals surface area (Å²) in [5, 5.41) is 14.0. The second kappa shape index (κ2) is 6.91. The van der Waals surface area contributed by atoms with Gasteiger partial charge in [0.15, 0.2) is 0 Å². The molecule has 0 spiro atoms. The number of rotatable bonds is 7. The van der Waals surface area contributed by atoms with E-state index in [-0.39, 0.29) is 5.41 Å². The van der Waals surface area contributed by atoms with Crippen LogP contribution < -0.4 is 5.73 Å². The van der Waals surface area contributed by atoms with Crippen LogP contribution in [-0.4, -0.2) is 29.5 Å². The number of oxime groups is 1. The van der Waals surface area contributed by atoms with Crippen LogP contribution in [0, 0.1) is 5.41 Å². The third-order valence-electron chi connectivity index (χ3n) is 3.73. The van der Waals surface area contributed by atoms with Gasteiger partial charge in [-0.3, -0.25) is 4.90 Å². The van der Waals surface area contributed by atoms with Crippen molar-refractivity contribution in [2.24, 2.45) is 16.3 Å². The minimum absolute atomic E-state index is 0.248. The van der Waals surface area contributed by atoms with Crippen molar-refractivity contribution in [1.82, 2.24) is 4.90 Å². The predicted octanol–water partition coefficient (Wildman–Crippen LogP) is 3.29. The molecule has 0 saturated heterocycles. The van der Waals surface area contributed by atoms with Crippen LogP contribution in [0.1, 0.15) is 44.5 Å². The van der Waals surface area contributed by atoms with Crippen molar-refractivity contribution in [1.29, 1.82) is 0 Å². The minimum Gasteiger partial charge on any atom is -0.409 e. The molecule has 0 fully saturated rings. The highest BCUT2D eigenvalue weighted by Crippen LogP contribution is 2.26. The Hall–Kier alpha value is -1.07. The fourth-order valence-corrected chi connectivity index (χ4v) is 2.82. The van der Waals surface area contributed by atoms with E-state index in [0.717, 1.165) is 19.4 Å². The molecule has 4 nitrogen and oxygen atoms in total. The van der Waals surface area contributed by atoms with Gasteiger partial charge in [0.2, 0.25) is 0 Å². The van der Waals surface area contributed by atoms with Crippen LogP contribution in [0.3, 0.4) is 0 Å². The molecule has 0 bridgehead atoms. The molecule has 0 amide bonds. The molecule has 0 saturated carbocycles. The Labute approximate surface area is 119 Å². The second-order valence-electron chi connectivity index (χ2n) is 5.64. The molecule has 1 aromatic rings. The molecule has 1 unspecified atom stereocenters. The number of hydrogen-bond acceptors (Lipinski definition) is 4. The molecule has 0 radical (unpaired) electrons. The van der Waals surface area contributed by atoms with Crippen LogP contribution in [0.4, 0.5) is 0 Å². The Morgan fingerprint density at radius 1 is 1.58 bits per heavy atom. The molecular weight excluding hydrogens is 258 g/mol. The maximum absolute atomic E-state index is 8.75. The summed E-state index contributed by atoms with van der Waals surface area (Å²) < 4.78 is 0. The standard InChI is InChI=1S/C14H25N3OS/c1-11(12-7-5-10-19-12)17(4)9-6-8-14(2,3)13(15)16-18/h5,7,10-11,18H,6,8-9H2,1-4H3,(H2,15,16). The van der Waals surface area contributed by atoms with Gasteiger partial charge in [-0.05, 0) is 44.8 Å². The van der Waals surface area contributed by atoms with Gasteiger partial charge < -0.3 is 10.9 Å². The average Bonchev–Trinajstić information content (AvgIpc) is 2.90. The van der Waals surface area contributed by atoms with Crippen molar-refractivity contribution >= 4 is 17.2 Å². The Balaban J connectivity index is 2.41. The number of hydrogen-bond donors (Lipinski definition) is 2. The molecule has 108 valence electrons. The van der Waals surface area contributed by atoms with Gasteiger partial charge in [-0.15, -0.1) is 11.3 Å². The lowest BCUT2D eigenvalue weighted by Crippen LogP contribution is -2.33. The molecule has 0 aliphatic heterocycles. The molecule has 1 aromatic heterocycles. The summed E-state index contributed by atoms with van der Waals surface area (Å²) in [6.45, 7) is 7.23. The van der Waals surface area contributed by atoms with E-state index >= 15 is 0 Å². The van der Waals surface area contributed by atoms with Gasteiger partial charge in [-0.2, -0.15) is 0 Å². The van der Waals surface area contributed by atoms with Crippen LogP contribution >= 0.6 is 11.3 Å². The SMILES string of the molecule is CC(c1cccs1)N(C)CCCC(C)(C)C(N)=NO. The largest absolute Gasteiger partial charge is 0.409 e. The third kappa shape index (κ3) is 4.51. The maximum atomic E-state index is 8.75. The van der Waals surface area contributed by atoms with Gasteiger partial charge in [-0.1, -0.05) is 25.1 Å². The van der Waals surface area contributed by atoms with Crippen molar-refractivity contribution < 1.29 is 5.21 Å². The van der Waals surface area contributed by atoms with Crippen LogP contribution in [0.5, 0.6) is 0 Å².